The number of fused-ring (bicyclic) bond motifs is 1. The van der Waals surface area contributed by atoms with Crippen LogP contribution in [-0.2, 0) is 0 Å². The van der Waals surface area contributed by atoms with Crippen LogP contribution in [0.4, 0.5) is 0 Å². The minimum atomic E-state index is 0.222. The zero-order valence-corrected chi connectivity index (χ0v) is 14.0. The smallest absolute Gasteiger partial charge is 0.0453 e. The highest BCUT2D eigenvalue weighted by Gasteiger charge is 2.24. The molecule has 0 spiro atoms. The Bertz CT molecular complexity index is 584. The molecule has 0 aromatic heterocycles. The first-order chi connectivity index (χ1) is 9.99. The van der Waals surface area contributed by atoms with E-state index in [0.29, 0.717) is 6.04 Å². The van der Waals surface area contributed by atoms with E-state index in [1.165, 1.54) is 16.3 Å². The van der Waals surface area contributed by atoms with Crippen molar-refractivity contribution in [2.75, 3.05) is 20.6 Å². The molecule has 2 aromatic rings. The van der Waals surface area contributed by atoms with Crippen LogP contribution in [-0.4, -0.2) is 31.1 Å². The standard InChI is InChI=1S/C19H28N2/c1-6-19(2,3)21(5)14-18(20-4)17-13-9-11-15-10-7-8-12-16(15)17/h7-13,18,20H,6,14H2,1-5H3. The van der Waals surface area contributed by atoms with Crippen LogP contribution in [0.5, 0.6) is 0 Å². The lowest BCUT2D eigenvalue weighted by atomic mass is 9.95. The summed E-state index contributed by atoms with van der Waals surface area (Å²) in [4.78, 5) is 2.45. The summed E-state index contributed by atoms with van der Waals surface area (Å²) < 4.78 is 0. The van der Waals surface area contributed by atoms with Crippen molar-refractivity contribution < 1.29 is 0 Å². The fourth-order valence-electron chi connectivity index (χ4n) is 2.69. The van der Waals surface area contributed by atoms with Crippen molar-refractivity contribution in [3.8, 4) is 0 Å². The van der Waals surface area contributed by atoms with Gasteiger partial charge in [0.05, 0.1) is 0 Å². The Labute approximate surface area is 129 Å². The average molecular weight is 284 g/mol. The van der Waals surface area contributed by atoms with Crippen LogP contribution in [0, 0.1) is 0 Å². The molecule has 2 rings (SSSR count). The lowest BCUT2D eigenvalue weighted by Gasteiger charge is -2.37. The molecule has 0 amide bonds. The van der Waals surface area contributed by atoms with Crippen LogP contribution in [0.15, 0.2) is 42.5 Å². The van der Waals surface area contributed by atoms with Crippen molar-refractivity contribution >= 4 is 10.8 Å². The van der Waals surface area contributed by atoms with Crippen LogP contribution in [0.25, 0.3) is 10.8 Å². The molecule has 0 aliphatic rings. The first-order valence-electron chi connectivity index (χ1n) is 7.85. The highest BCUT2D eigenvalue weighted by molar-refractivity contribution is 5.86. The Balaban J connectivity index is 2.32. The molecular formula is C19H28N2. The lowest BCUT2D eigenvalue weighted by Crippen LogP contribution is -2.44. The molecule has 0 bridgehead atoms. The van der Waals surface area contributed by atoms with E-state index in [0.717, 1.165) is 13.0 Å². The fourth-order valence-corrected chi connectivity index (χ4v) is 2.69. The van der Waals surface area contributed by atoms with Crippen LogP contribution in [0.1, 0.15) is 38.8 Å². The molecule has 1 unspecified atom stereocenters. The van der Waals surface area contributed by atoms with Crippen molar-refractivity contribution in [1.29, 1.82) is 0 Å². The van der Waals surface area contributed by atoms with Gasteiger partial charge in [0.1, 0.15) is 0 Å². The van der Waals surface area contributed by atoms with Crippen molar-refractivity contribution in [3.05, 3.63) is 48.0 Å². The topological polar surface area (TPSA) is 15.3 Å². The molecule has 0 radical (unpaired) electrons. The van der Waals surface area contributed by atoms with Gasteiger partial charge in [-0.15, -0.1) is 0 Å². The van der Waals surface area contributed by atoms with E-state index in [1.807, 2.05) is 0 Å². The Morgan fingerprint density at radius 2 is 1.76 bits per heavy atom. The lowest BCUT2D eigenvalue weighted by molar-refractivity contribution is 0.137. The van der Waals surface area contributed by atoms with Crippen LogP contribution in [0.3, 0.4) is 0 Å². The van der Waals surface area contributed by atoms with E-state index in [1.54, 1.807) is 0 Å². The summed E-state index contributed by atoms with van der Waals surface area (Å²) in [5.74, 6) is 0. The van der Waals surface area contributed by atoms with Gasteiger partial charge in [-0.25, -0.2) is 0 Å². The molecule has 114 valence electrons. The fraction of sp³-hybridized carbons (Fsp3) is 0.474. The van der Waals surface area contributed by atoms with E-state index in [-0.39, 0.29) is 5.54 Å². The zero-order valence-electron chi connectivity index (χ0n) is 14.0. The first kappa shape index (κ1) is 16.0. The van der Waals surface area contributed by atoms with E-state index in [4.69, 9.17) is 0 Å². The Morgan fingerprint density at radius 3 is 2.43 bits per heavy atom. The number of hydrogen-bond acceptors (Lipinski definition) is 2. The summed E-state index contributed by atoms with van der Waals surface area (Å²) >= 11 is 0. The monoisotopic (exact) mass is 284 g/mol. The Kier molecular flexibility index (Phi) is 5.02. The molecule has 2 heteroatoms. The maximum Gasteiger partial charge on any atom is 0.0453 e. The van der Waals surface area contributed by atoms with Gasteiger partial charge < -0.3 is 5.32 Å². The third kappa shape index (κ3) is 3.45. The molecule has 0 heterocycles. The summed E-state index contributed by atoms with van der Waals surface area (Å²) in [7, 11) is 4.28. The minimum Gasteiger partial charge on any atom is -0.312 e. The minimum absolute atomic E-state index is 0.222. The average Bonchev–Trinajstić information content (AvgIpc) is 2.51. The number of nitrogens with one attached hydrogen (secondary N) is 1. The summed E-state index contributed by atoms with van der Waals surface area (Å²) in [6.45, 7) is 7.87. The van der Waals surface area contributed by atoms with Gasteiger partial charge in [0.25, 0.3) is 0 Å². The highest BCUT2D eigenvalue weighted by atomic mass is 15.2. The van der Waals surface area contributed by atoms with E-state index in [9.17, 15) is 0 Å². The largest absolute Gasteiger partial charge is 0.312 e. The number of likely N-dealkylation sites (N-methyl/N-ethyl adjacent to an activating group) is 2. The number of benzene rings is 2. The Morgan fingerprint density at radius 1 is 1.10 bits per heavy atom. The zero-order chi connectivity index (χ0) is 15.5. The van der Waals surface area contributed by atoms with Crippen molar-refractivity contribution in [1.82, 2.24) is 10.2 Å². The second kappa shape index (κ2) is 6.59. The van der Waals surface area contributed by atoms with Gasteiger partial charge in [-0.05, 0) is 50.7 Å². The molecule has 1 N–H and O–H groups in total. The van der Waals surface area contributed by atoms with Gasteiger partial charge in [-0.2, -0.15) is 0 Å². The number of nitrogens with zero attached hydrogens (tertiary/aromatic N) is 1. The molecule has 0 fully saturated rings. The van der Waals surface area contributed by atoms with Gasteiger partial charge in [0.15, 0.2) is 0 Å². The third-order valence-corrected chi connectivity index (χ3v) is 4.90. The van der Waals surface area contributed by atoms with Crippen LogP contribution < -0.4 is 5.32 Å². The maximum absolute atomic E-state index is 3.50. The molecule has 21 heavy (non-hydrogen) atoms. The molecule has 0 saturated carbocycles. The maximum atomic E-state index is 3.50. The van der Waals surface area contributed by atoms with Crippen LogP contribution >= 0.6 is 0 Å². The van der Waals surface area contributed by atoms with Gasteiger partial charge in [0, 0.05) is 18.1 Å². The summed E-state index contributed by atoms with van der Waals surface area (Å²) in [5, 5.41) is 6.16. The second-order valence-corrected chi connectivity index (χ2v) is 6.46. The normalized spacial score (nSPS) is 13.8. The molecule has 0 saturated heterocycles. The van der Waals surface area contributed by atoms with E-state index < -0.39 is 0 Å². The first-order valence-corrected chi connectivity index (χ1v) is 7.85. The molecular weight excluding hydrogens is 256 g/mol. The number of rotatable bonds is 6. The van der Waals surface area contributed by atoms with E-state index >= 15 is 0 Å². The predicted octanol–water partition coefficient (Wildman–Crippen LogP) is 4.22. The van der Waals surface area contributed by atoms with E-state index in [2.05, 4.69) is 87.5 Å². The van der Waals surface area contributed by atoms with Crippen molar-refractivity contribution in [2.45, 2.75) is 38.8 Å². The van der Waals surface area contributed by atoms with Gasteiger partial charge in [-0.3, -0.25) is 4.90 Å². The summed E-state index contributed by atoms with van der Waals surface area (Å²) in [5.41, 5.74) is 1.61. The molecule has 2 nitrogen and oxygen atoms in total. The molecule has 1 atom stereocenters. The van der Waals surface area contributed by atoms with Crippen molar-refractivity contribution in [3.63, 3.8) is 0 Å². The Hall–Kier alpha value is -1.38. The summed E-state index contributed by atoms with van der Waals surface area (Å²) in [6, 6.07) is 15.6. The van der Waals surface area contributed by atoms with Crippen LogP contribution in [0.2, 0.25) is 0 Å². The van der Waals surface area contributed by atoms with Gasteiger partial charge in [-0.1, -0.05) is 49.4 Å². The van der Waals surface area contributed by atoms with Gasteiger partial charge >= 0.3 is 0 Å². The van der Waals surface area contributed by atoms with Gasteiger partial charge in [0.2, 0.25) is 0 Å². The SMILES string of the molecule is CCC(C)(C)N(C)CC(NC)c1cccc2ccccc12. The quantitative estimate of drug-likeness (QED) is 0.854. The molecule has 2 aromatic carbocycles. The second-order valence-electron chi connectivity index (χ2n) is 6.46. The molecule has 0 aliphatic heterocycles. The molecule has 0 aliphatic carbocycles. The summed E-state index contributed by atoms with van der Waals surface area (Å²) in [6.07, 6.45) is 1.15. The third-order valence-electron chi connectivity index (χ3n) is 4.90. The van der Waals surface area contributed by atoms with Crippen molar-refractivity contribution in [2.24, 2.45) is 0 Å². The highest BCUT2D eigenvalue weighted by Crippen LogP contribution is 2.26. The number of hydrogen-bond donors (Lipinski definition) is 1. The predicted molar refractivity (Wildman–Crippen MR) is 92.7 cm³/mol.